The van der Waals surface area contributed by atoms with E-state index in [1.807, 2.05) is 47.0 Å². The fraction of sp³-hybridized carbons (Fsp3) is 0.840. The summed E-state index contributed by atoms with van der Waals surface area (Å²) in [4.78, 5) is 26.9. The Hall–Kier alpha value is -1.14. The summed E-state index contributed by atoms with van der Waals surface area (Å²) in [6.45, 7) is 23.6. The third kappa shape index (κ3) is 7.79. The second kappa shape index (κ2) is 11.3. The minimum Gasteiger partial charge on any atom is -0.414 e. The minimum atomic E-state index is -4.02. The van der Waals surface area contributed by atoms with Gasteiger partial charge < -0.3 is 18.7 Å². The summed E-state index contributed by atoms with van der Waals surface area (Å²) in [7, 11) is -9.02. The lowest BCUT2D eigenvalue weighted by Crippen LogP contribution is -2.61. The number of nitrogens with zero attached hydrogens (tertiary/aromatic N) is 1. The molecule has 1 aliphatic heterocycles. The summed E-state index contributed by atoms with van der Waals surface area (Å²) in [6.07, 6.45) is -2.34. The quantitative estimate of drug-likeness (QED) is 0.344. The zero-order valence-corrected chi connectivity index (χ0v) is 28.4. The van der Waals surface area contributed by atoms with Crippen LogP contribution in [0.2, 0.25) is 36.3 Å². The maximum absolute atomic E-state index is 13.3. The van der Waals surface area contributed by atoms with Crippen LogP contribution in [0.1, 0.15) is 61.6 Å². The molecule has 0 unspecified atom stereocenters. The highest BCUT2D eigenvalue weighted by molar-refractivity contribution is 7.89. The van der Waals surface area contributed by atoms with Gasteiger partial charge in [0.1, 0.15) is 17.8 Å². The van der Waals surface area contributed by atoms with Crippen molar-refractivity contribution in [1.82, 2.24) is 14.3 Å². The Morgan fingerprint density at radius 3 is 2.10 bits per heavy atom. The molecular formula is C25H49N3O8SSi2. The molecule has 0 bridgehead atoms. The Labute approximate surface area is 235 Å². The summed E-state index contributed by atoms with van der Waals surface area (Å²) in [5, 5.41) is 11.9. The molecule has 1 aromatic heterocycles. The van der Waals surface area contributed by atoms with Crippen LogP contribution in [0.4, 0.5) is 0 Å². The topological polar surface area (TPSA) is 149 Å². The van der Waals surface area contributed by atoms with Crippen LogP contribution in [0.25, 0.3) is 0 Å². The first-order valence-corrected chi connectivity index (χ1v) is 20.8. The molecule has 0 spiro atoms. The van der Waals surface area contributed by atoms with Gasteiger partial charge >= 0.3 is 5.69 Å². The number of hydrogen-bond acceptors (Lipinski definition) is 8. The molecule has 11 nitrogen and oxygen atoms in total. The second-order valence-corrected chi connectivity index (χ2v) is 25.2. The minimum absolute atomic E-state index is 0.101. The van der Waals surface area contributed by atoms with E-state index >= 15 is 0 Å². The molecule has 226 valence electrons. The van der Waals surface area contributed by atoms with Crippen LogP contribution in [0.3, 0.4) is 0 Å². The number of hydrogen-bond donors (Lipinski definition) is 3. The highest BCUT2D eigenvalue weighted by Gasteiger charge is 2.61. The number of sulfonamides is 1. The van der Waals surface area contributed by atoms with E-state index < -0.39 is 73.7 Å². The van der Waals surface area contributed by atoms with Gasteiger partial charge in [0, 0.05) is 18.3 Å². The smallest absolute Gasteiger partial charge is 0.330 e. The molecule has 0 aromatic carbocycles. The number of aliphatic hydroxyl groups is 1. The maximum Gasteiger partial charge on any atom is 0.330 e. The first-order chi connectivity index (χ1) is 17.3. The number of nitrogens with one attached hydrogen (secondary N) is 2. The predicted octanol–water partition coefficient (Wildman–Crippen LogP) is 2.91. The van der Waals surface area contributed by atoms with E-state index in [0.717, 1.165) is 4.57 Å². The first kappa shape index (κ1) is 34.1. The molecule has 1 fully saturated rings. The molecule has 1 aromatic rings. The average Bonchev–Trinajstić information content (AvgIpc) is 2.94. The summed E-state index contributed by atoms with van der Waals surface area (Å²) in [5.41, 5.74) is -3.43. The van der Waals surface area contributed by atoms with E-state index in [-0.39, 0.29) is 16.7 Å². The van der Waals surface area contributed by atoms with Crippen LogP contribution in [0, 0.1) is 0 Å². The fourth-order valence-corrected chi connectivity index (χ4v) is 7.92. The van der Waals surface area contributed by atoms with Crippen molar-refractivity contribution in [3.05, 3.63) is 33.1 Å². The van der Waals surface area contributed by atoms with Crippen molar-refractivity contribution in [1.29, 1.82) is 0 Å². The number of rotatable bonds is 10. The molecule has 39 heavy (non-hydrogen) atoms. The van der Waals surface area contributed by atoms with Crippen LogP contribution in [0.15, 0.2) is 21.9 Å². The van der Waals surface area contributed by atoms with E-state index in [9.17, 15) is 23.1 Å². The van der Waals surface area contributed by atoms with Crippen LogP contribution in [0.5, 0.6) is 0 Å². The molecular weight excluding hydrogens is 559 g/mol. The van der Waals surface area contributed by atoms with Crippen LogP contribution in [-0.2, 0) is 23.6 Å². The average molecular weight is 608 g/mol. The highest BCUT2D eigenvalue weighted by atomic mass is 32.2. The van der Waals surface area contributed by atoms with Crippen molar-refractivity contribution in [3.8, 4) is 0 Å². The molecule has 3 N–H and O–H groups in total. The van der Waals surface area contributed by atoms with Crippen molar-refractivity contribution in [2.24, 2.45) is 0 Å². The zero-order valence-electron chi connectivity index (χ0n) is 25.5. The van der Waals surface area contributed by atoms with Crippen molar-refractivity contribution >= 4 is 26.7 Å². The Bertz CT molecular complexity index is 1230. The van der Waals surface area contributed by atoms with Gasteiger partial charge in [-0.2, -0.15) is 0 Å². The molecule has 0 aliphatic carbocycles. The van der Waals surface area contributed by atoms with E-state index in [0.29, 0.717) is 0 Å². The van der Waals surface area contributed by atoms with Crippen LogP contribution >= 0.6 is 0 Å². The number of H-pyrrole nitrogens is 1. The highest BCUT2D eigenvalue weighted by Crippen LogP contribution is 2.46. The monoisotopic (exact) mass is 607 g/mol. The van der Waals surface area contributed by atoms with Gasteiger partial charge in [-0.05, 0) is 50.1 Å². The van der Waals surface area contributed by atoms with Gasteiger partial charge in [0.25, 0.3) is 5.56 Å². The molecule has 2 rings (SSSR count). The summed E-state index contributed by atoms with van der Waals surface area (Å²) >= 11 is 0. The van der Waals surface area contributed by atoms with E-state index in [2.05, 4.69) is 30.5 Å². The normalized spacial score (nSPS) is 25.4. The molecule has 0 saturated carbocycles. The van der Waals surface area contributed by atoms with E-state index in [1.165, 1.54) is 12.3 Å². The Balaban J connectivity index is 2.73. The summed E-state index contributed by atoms with van der Waals surface area (Å²) < 4.78 is 49.6. The van der Waals surface area contributed by atoms with E-state index in [4.69, 9.17) is 13.6 Å². The Morgan fingerprint density at radius 2 is 1.64 bits per heavy atom. The maximum atomic E-state index is 13.3. The van der Waals surface area contributed by atoms with Gasteiger partial charge in [-0.25, -0.2) is 17.9 Å². The van der Waals surface area contributed by atoms with Gasteiger partial charge in [-0.3, -0.25) is 14.3 Å². The SMILES string of the molecule is CC(C)NS(=O)(=O)C[C@]1(O)[C@@H](CO[Si](C)(C)C(C)(C)C)O[C@@H](n2ccc(=O)[nH]c2=O)[C@@H]1O[Si](C)(C)C(C)(C)C. The van der Waals surface area contributed by atoms with Crippen LogP contribution < -0.4 is 16.0 Å². The van der Waals surface area contributed by atoms with Crippen molar-refractivity contribution in [2.75, 3.05) is 12.4 Å². The lowest BCUT2D eigenvalue weighted by atomic mass is 9.94. The third-order valence-corrected chi connectivity index (χ3v) is 18.8. The largest absolute Gasteiger partial charge is 0.414 e. The van der Waals surface area contributed by atoms with Gasteiger partial charge in [-0.15, -0.1) is 0 Å². The fourth-order valence-electron chi connectivity index (χ4n) is 3.85. The van der Waals surface area contributed by atoms with Crippen molar-refractivity contribution < 1.29 is 27.1 Å². The summed E-state index contributed by atoms with van der Waals surface area (Å²) in [5.74, 6) is -0.725. The predicted molar refractivity (Wildman–Crippen MR) is 157 cm³/mol. The molecule has 0 amide bonds. The lowest BCUT2D eigenvalue weighted by molar-refractivity contribution is -0.0750. The van der Waals surface area contributed by atoms with Gasteiger partial charge in [0.05, 0.1) is 12.4 Å². The molecule has 2 heterocycles. The van der Waals surface area contributed by atoms with Crippen molar-refractivity contribution in [2.45, 2.75) is 122 Å². The Kier molecular flexibility index (Phi) is 9.84. The molecule has 14 heteroatoms. The van der Waals surface area contributed by atoms with Gasteiger partial charge in [0.2, 0.25) is 10.0 Å². The lowest BCUT2D eigenvalue weighted by Gasteiger charge is -2.43. The number of aromatic amines is 1. The number of ether oxygens (including phenoxy) is 1. The molecule has 0 radical (unpaired) electrons. The standard InChI is InChI=1S/C25H49N3O8SSi2/c1-17(2)27-37(32,33)16-25(31)18(15-34-38(9,10)23(3,4)5)35-21(28-14-13-19(29)26-22(28)30)20(25)36-39(11,12)24(6,7)8/h13-14,17-18,20-21,27,31H,15-16H2,1-12H3,(H,26,29,30)/t18-,20+,21-,25+/m1/s1. The molecule has 1 saturated heterocycles. The van der Waals surface area contributed by atoms with Crippen LogP contribution in [-0.4, -0.2) is 75.9 Å². The third-order valence-electron chi connectivity index (χ3n) is 8.20. The van der Waals surface area contributed by atoms with Gasteiger partial charge in [0.15, 0.2) is 22.9 Å². The van der Waals surface area contributed by atoms with Crippen molar-refractivity contribution in [3.63, 3.8) is 0 Å². The molecule has 1 aliphatic rings. The second-order valence-electron chi connectivity index (χ2n) is 13.9. The first-order valence-electron chi connectivity index (χ1n) is 13.3. The summed E-state index contributed by atoms with van der Waals surface area (Å²) in [6, 6.07) is 0.768. The molecule has 4 atom stereocenters. The Morgan fingerprint density at radius 1 is 1.10 bits per heavy atom. The van der Waals surface area contributed by atoms with E-state index in [1.54, 1.807) is 13.8 Å². The zero-order chi connectivity index (χ0) is 30.4. The number of aromatic nitrogens is 2. The van der Waals surface area contributed by atoms with Gasteiger partial charge in [-0.1, -0.05) is 41.5 Å².